The summed E-state index contributed by atoms with van der Waals surface area (Å²) < 4.78 is 1.25. The zero-order valence-corrected chi connectivity index (χ0v) is 15.4. The normalized spacial score (nSPS) is 11.7. The first-order chi connectivity index (χ1) is 13.8. The van der Waals surface area contributed by atoms with Crippen LogP contribution in [-0.4, -0.2) is 31.6 Å². The third-order valence-corrected chi connectivity index (χ3v) is 4.09. The largest absolute Gasteiger partial charge is 0.626 e. The minimum Gasteiger partial charge on any atom is -0.626 e. The molecule has 0 atom stereocenters. The Kier molecular flexibility index (Phi) is 5.88. The highest BCUT2D eigenvalue weighted by Crippen LogP contribution is 2.23. The predicted molar refractivity (Wildman–Crippen MR) is 105 cm³/mol. The van der Waals surface area contributed by atoms with Crippen LogP contribution in [0.3, 0.4) is 0 Å². The fourth-order valence-corrected chi connectivity index (χ4v) is 2.65. The lowest BCUT2D eigenvalue weighted by Crippen LogP contribution is -2.96. The zero-order valence-electron chi connectivity index (χ0n) is 15.4. The molecule has 0 aliphatic rings. The van der Waals surface area contributed by atoms with Crippen LogP contribution in [0.4, 0.5) is 5.82 Å². The summed E-state index contributed by atoms with van der Waals surface area (Å²) in [4.78, 5) is 12.6. The highest BCUT2D eigenvalue weighted by molar-refractivity contribution is 6.02. The number of phenols is 2. The molecule has 0 saturated carbocycles. The van der Waals surface area contributed by atoms with Crippen LogP contribution in [0.1, 0.15) is 28.5 Å². The van der Waals surface area contributed by atoms with E-state index in [1.165, 1.54) is 16.8 Å². The molecule has 150 valence electrons. The molecule has 3 rings (SSSR count). The van der Waals surface area contributed by atoms with E-state index < -0.39 is 11.1 Å². The van der Waals surface area contributed by atoms with E-state index in [4.69, 9.17) is 0 Å². The minimum atomic E-state index is -1.50. The fraction of sp³-hybridized carbons (Fsp3) is 0.105. The number of quaternary nitrogens is 1. The number of phenolic OH excluding ortho intramolecular Hbond substituents is 2. The van der Waals surface area contributed by atoms with Gasteiger partial charge in [-0.2, -0.15) is 5.10 Å². The second-order valence-corrected chi connectivity index (χ2v) is 6.19. The van der Waals surface area contributed by atoms with Crippen LogP contribution in [0, 0.1) is 10.4 Å². The molecule has 4 N–H and O–H groups in total. The lowest BCUT2D eigenvalue weighted by Gasteiger charge is -2.20. The van der Waals surface area contributed by atoms with Crippen LogP contribution in [0.25, 0.3) is 0 Å². The average Bonchev–Trinajstić information content (AvgIpc) is 3.11. The van der Waals surface area contributed by atoms with Gasteiger partial charge in [0.1, 0.15) is 17.2 Å². The number of rotatable bonds is 6. The summed E-state index contributed by atoms with van der Waals surface area (Å²) in [6.07, 6.45) is 0. The highest BCUT2D eigenvalue weighted by atomic mass is 16.8. The molecule has 0 aliphatic carbocycles. The molecule has 0 aliphatic heterocycles. The van der Waals surface area contributed by atoms with E-state index in [0.717, 1.165) is 17.7 Å². The number of amides is 1. The number of hydrogen-bond donors (Lipinski definition) is 4. The lowest BCUT2D eigenvalue weighted by atomic mass is 10.1. The molecule has 1 amide bonds. The highest BCUT2D eigenvalue weighted by Gasteiger charge is 2.18. The van der Waals surface area contributed by atoms with Crippen molar-refractivity contribution < 1.29 is 20.2 Å². The monoisotopic (exact) mass is 396 g/mol. The number of carbonyl (C=O) groups excluding carboxylic acids is 1. The summed E-state index contributed by atoms with van der Waals surface area (Å²) in [7, 11) is 0. The molecule has 10 heteroatoms. The van der Waals surface area contributed by atoms with Crippen LogP contribution in [0.15, 0.2) is 59.7 Å². The first-order valence-electron chi connectivity index (χ1n) is 8.55. The Balaban J connectivity index is 1.84. The molecule has 2 aromatic carbocycles. The van der Waals surface area contributed by atoms with Crippen molar-refractivity contribution in [2.24, 2.45) is 5.10 Å². The quantitative estimate of drug-likeness (QED) is 0.361. The van der Waals surface area contributed by atoms with Crippen molar-refractivity contribution in [3.8, 4) is 11.5 Å². The molecule has 10 nitrogen and oxygen atoms in total. The number of nitrogens with one attached hydrogen (secondary N) is 2. The molecule has 29 heavy (non-hydrogen) atoms. The Bertz CT molecular complexity index is 1050. The molecular weight excluding hydrogens is 378 g/mol. The van der Waals surface area contributed by atoms with Gasteiger partial charge in [-0.1, -0.05) is 30.3 Å². The van der Waals surface area contributed by atoms with E-state index >= 15 is 0 Å². The van der Waals surface area contributed by atoms with Crippen LogP contribution in [0.2, 0.25) is 0 Å². The molecule has 0 spiro atoms. The summed E-state index contributed by atoms with van der Waals surface area (Å²) in [5, 5.41) is 47.9. The maximum Gasteiger partial charge on any atom is 0.289 e. The smallest absolute Gasteiger partial charge is 0.289 e. The van der Waals surface area contributed by atoms with Crippen LogP contribution in [-0.2, 0) is 6.54 Å². The summed E-state index contributed by atoms with van der Waals surface area (Å²) >= 11 is 0. The number of aromatic nitrogens is 2. The number of nitrogens with zero attached hydrogens (tertiary/aromatic N) is 3. The number of hydrogen-bond acceptors (Lipinski definition) is 7. The molecule has 1 aromatic heterocycles. The van der Waals surface area contributed by atoms with Gasteiger partial charge < -0.3 is 25.9 Å². The van der Waals surface area contributed by atoms with Gasteiger partial charge in [-0.3, -0.25) is 4.79 Å². The molecule has 1 heterocycles. The van der Waals surface area contributed by atoms with Gasteiger partial charge >= 0.3 is 0 Å². The van der Waals surface area contributed by atoms with Gasteiger partial charge in [0.25, 0.3) is 5.91 Å². The zero-order chi connectivity index (χ0) is 21.0. The number of aromatic hydroxyl groups is 2. The van der Waals surface area contributed by atoms with Gasteiger partial charge in [0.05, 0.1) is 18.3 Å². The topological polar surface area (TPSA) is 150 Å². The minimum absolute atomic E-state index is 0.0143. The van der Waals surface area contributed by atoms with Crippen molar-refractivity contribution in [1.82, 2.24) is 15.2 Å². The molecule has 0 unspecified atom stereocenters. The van der Waals surface area contributed by atoms with Crippen molar-refractivity contribution in [2.75, 3.05) is 0 Å². The van der Waals surface area contributed by atoms with E-state index in [-0.39, 0.29) is 35.3 Å². The Labute approximate surface area is 165 Å². The summed E-state index contributed by atoms with van der Waals surface area (Å²) in [5.74, 6) is -1.36. The summed E-state index contributed by atoms with van der Waals surface area (Å²) in [5.41, 5.74) is 3.73. The van der Waals surface area contributed by atoms with Gasteiger partial charge in [0.2, 0.25) is 5.82 Å². The van der Waals surface area contributed by atoms with Crippen LogP contribution >= 0.6 is 0 Å². The van der Waals surface area contributed by atoms with Crippen molar-refractivity contribution in [2.45, 2.75) is 13.5 Å². The van der Waals surface area contributed by atoms with E-state index in [9.17, 15) is 25.4 Å². The van der Waals surface area contributed by atoms with E-state index in [2.05, 4.69) is 15.6 Å². The molecule has 0 saturated heterocycles. The van der Waals surface area contributed by atoms with Crippen molar-refractivity contribution in [3.05, 3.63) is 81.8 Å². The Morgan fingerprint density at radius 2 is 1.90 bits per heavy atom. The Hall–Kier alpha value is -3.73. The Morgan fingerprint density at radius 3 is 2.55 bits per heavy atom. The molecule has 0 bridgehead atoms. The van der Waals surface area contributed by atoms with Crippen molar-refractivity contribution in [3.63, 3.8) is 0 Å². The van der Waals surface area contributed by atoms with Gasteiger partial charge in [-0.15, -0.1) is 5.10 Å². The summed E-state index contributed by atoms with van der Waals surface area (Å²) in [6.45, 7) is 1.73. The SMILES string of the molecule is C/C(=N\NC(=O)c1cc([NH+]([O-])[O-])nn1Cc1ccccc1)c1ccc(O)cc1O. The second kappa shape index (κ2) is 8.52. The standard InChI is InChI=1S/C19H18N5O5/c1-12(15-8-7-14(25)9-17(15)26)20-21-19(27)16-10-18(24(28)29)22-23(16)11-13-5-3-2-4-6-13/h2-10,24-26H,11H2,1H3,(H,21,27)/q-1/b20-12+. The van der Waals surface area contributed by atoms with Crippen molar-refractivity contribution >= 4 is 17.4 Å². The predicted octanol–water partition coefficient (Wildman–Crippen LogP) is 1.01. The first kappa shape index (κ1) is 20.0. The second-order valence-electron chi connectivity index (χ2n) is 6.19. The fourth-order valence-electron chi connectivity index (χ4n) is 2.65. The number of carbonyl (C=O) groups is 1. The van der Waals surface area contributed by atoms with E-state index in [1.54, 1.807) is 6.92 Å². The molecule has 0 radical (unpaired) electrons. The third kappa shape index (κ3) is 4.76. The lowest BCUT2D eigenvalue weighted by molar-refractivity contribution is -0.718. The van der Waals surface area contributed by atoms with Crippen molar-refractivity contribution in [1.29, 1.82) is 0 Å². The number of hydrazone groups is 1. The maximum atomic E-state index is 12.6. The molecule has 0 fully saturated rings. The molecular formula is C19H18N5O5-. The van der Waals surface area contributed by atoms with E-state index in [0.29, 0.717) is 5.56 Å². The summed E-state index contributed by atoms with van der Waals surface area (Å²) in [6, 6.07) is 14.2. The molecule has 3 aromatic rings. The number of benzene rings is 2. The third-order valence-electron chi connectivity index (χ3n) is 4.09. The van der Waals surface area contributed by atoms with Gasteiger partial charge in [-0.05, 0) is 24.6 Å². The first-order valence-corrected chi connectivity index (χ1v) is 8.55. The van der Waals surface area contributed by atoms with Gasteiger partial charge in [0, 0.05) is 11.6 Å². The van der Waals surface area contributed by atoms with Gasteiger partial charge in [0.15, 0.2) is 0 Å². The maximum absolute atomic E-state index is 12.6. The van der Waals surface area contributed by atoms with Crippen LogP contribution < -0.4 is 10.7 Å². The van der Waals surface area contributed by atoms with E-state index in [1.807, 2.05) is 30.3 Å². The average molecular weight is 396 g/mol. The Morgan fingerprint density at radius 1 is 1.17 bits per heavy atom. The van der Waals surface area contributed by atoms with Crippen LogP contribution in [0.5, 0.6) is 11.5 Å². The van der Waals surface area contributed by atoms with Gasteiger partial charge in [-0.25, -0.2) is 10.1 Å².